The summed E-state index contributed by atoms with van der Waals surface area (Å²) in [4.78, 5) is 0. The molecule has 0 spiro atoms. The van der Waals surface area contributed by atoms with Gasteiger partial charge in [0.1, 0.15) is 0 Å². The summed E-state index contributed by atoms with van der Waals surface area (Å²) in [6, 6.07) is 3.23. The molecule has 0 fully saturated rings. The number of nitrogens with one attached hydrogen (secondary N) is 1. The van der Waals surface area contributed by atoms with Gasteiger partial charge in [0, 0.05) is 24.3 Å². The molecule has 0 aliphatic heterocycles. The molecule has 2 rings (SSSR count). The van der Waals surface area contributed by atoms with Crippen LogP contribution >= 0.6 is 0 Å². The molecule has 0 aliphatic carbocycles. The highest BCUT2D eigenvalue weighted by Crippen LogP contribution is 2.34. The molecule has 8 heteroatoms. The van der Waals surface area contributed by atoms with Crippen LogP contribution in [0.1, 0.15) is 19.4 Å². The third kappa shape index (κ3) is 2.93. The van der Waals surface area contributed by atoms with Gasteiger partial charge in [0.15, 0.2) is 5.82 Å². The van der Waals surface area contributed by atoms with Crippen molar-refractivity contribution in [3.8, 4) is 11.4 Å². The van der Waals surface area contributed by atoms with E-state index >= 15 is 0 Å². The largest absolute Gasteiger partial charge is 0.416 e. The average molecular weight is 299 g/mol. The number of nitrogens with zero attached hydrogens (tertiary/aromatic N) is 3. The van der Waals surface area contributed by atoms with Crippen molar-refractivity contribution in [2.45, 2.75) is 26.6 Å². The normalized spacial score (nSPS) is 11.7. The minimum absolute atomic E-state index is 0.0231. The van der Waals surface area contributed by atoms with E-state index in [0.29, 0.717) is 30.4 Å². The number of benzene rings is 1. The first-order valence-corrected chi connectivity index (χ1v) is 6.52. The van der Waals surface area contributed by atoms with Gasteiger partial charge in [0.05, 0.1) is 5.56 Å². The Kier molecular flexibility index (Phi) is 4.06. The Morgan fingerprint density at radius 1 is 1.24 bits per heavy atom. The van der Waals surface area contributed by atoms with Crippen LogP contribution in [0.15, 0.2) is 18.2 Å². The van der Waals surface area contributed by atoms with Crippen LogP contribution in [-0.4, -0.2) is 21.3 Å². The molecule has 0 aliphatic rings. The smallest absolute Gasteiger partial charge is 0.398 e. The number of rotatable bonds is 4. The lowest BCUT2D eigenvalue weighted by Gasteiger charge is -2.12. The van der Waals surface area contributed by atoms with E-state index in [1.807, 2.05) is 13.8 Å². The van der Waals surface area contributed by atoms with Crippen LogP contribution in [-0.2, 0) is 12.7 Å². The fourth-order valence-corrected chi connectivity index (χ4v) is 2.03. The van der Waals surface area contributed by atoms with Crippen LogP contribution in [0.25, 0.3) is 11.4 Å². The monoisotopic (exact) mass is 299 g/mol. The van der Waals surface area contributed by atoms with E-state index in [1.165, 1.54) is 6.07 Å². The molecular formula is C13H16F3N5. The van der Waals surface area contributed by atoms with Gasteiger partial charge < -0.3 is 11.1 Å². The van der Waals surface area contributed by atoms with Crippen molar-refractivity contribution >= 4 is 11.6 Å². The quantitative estimate of drug-likeness (QED) is 0.852. The first-order valence-electron chi connectivity index (χ1n) is 6.52. The fourth-order valence-electron chi connectivity index (χ4n) is 2.03. The van der Waals surface area contributed by atoms with Gasteiger partial charge in [-0.05, 0) is 32.0 Å². The molecule has 21 heavy (non-hydrogen) atoms. The molecule has 0 bridgehead atoms. The second-order valence-corrected chi connectivity index (χ2v) is 4.42. The average Bonchev–Trinajstić information content (AvgIpc) is 2.80. The summed E-state index contributed by atoms with van der Waals surface area (Å²) in [5.41, 5.74) is 5.43. The molecule has 1 aromatic carbocycles. The van der Waals surface area contributed by atoms with Crippen LogP contribution in [0.4, 0.5) is 24.8 Å². The number of alkyl halides is 3. The number of nitrogens with two attached hydrogens (primary N) is 1. The van der Waals surface area contributed by atoms with Crippen LogP contribution in [0, 0.1) is 0 Å². The molecule has 1 heterocycles. The van der Waals surface area contributed by atoms with Crippen molar-refractivity contribution in [3.63, 3.8) is 0 Å². The highest BCUT2D eigenvalue weighted by atomic mass is 19.4. The fraction of sp³-hybridized carbons (Fsp3) is 0.385. The molecule has 0 atom stereocenters. The topological polar surface area (TPSA) is 68.8 Å². The van der Waals surface area contributed by atoms with E-state index in [0.717, 1.165) is 12.1 Å². The molecule has 3 N–H and O–H groups in total. The van der Waals surface area contributed by atoms with Crippen molar-refractivity contribution in [3.05, 3.63) is 23.8 Å². The van der Waals surface area contributed by atoms with E-state index in [4.69, 9.17) is 5.73 Å². The molecule has 5 nitrogen and oxygen atoms in total. The first-order chi connectivity index (χ1) is 9.88. The first kappa shape index (κ1) is 15.1. The third-order valence-corrected chi connectivity index (χ3v) is 3.02. The molecule has 1 aromatic heterocycles. The Hall–Kier alpha value is -2.25. The zero-order valence-corrected chi connectivity index (χ0v) is 11.7. The molecule has 0 radical (unpaired) electrons. The van der Waals surface area contributed by atoms with Gasteiger partial charge in [-0.1, -0.05) is 0 Å². The maximum Gasteiger partial charge on any atom is 0.416 e. The number of halogens is 3. The molecule has 114 valence electrons. The predicted octanol–water partition coefficient (Wildman–Crippen LogP) is 3.00. The maximum atomic E-state index is 12.7. The van der Waals surface area contributed by atoms with E-state index < -0.39 is 11.7 Å². The van der Waals surface area contributed by atoms with E-state index in [-0.39, 0.29) is 5.69 Å². The van der Waals surface area contributed by atoms with Gasteiger partial charge in [0.25, 0.3) is 0 Å². The molecule has 0 saturated carbocycles. The van der Waals surface area contributed by atoms with Crippen LogP contribution in [0.3, 0.4) is 0 Å². The van der Waals surface area contributed by atoms with Gasteiger partial charge in [-0.25, -0.2) is 0 Å². The van der Waals surface area contributed by atoms with E-state index in [9.17, 15) is 13.2 Å². The van der Waals surface area contributed by atoms with Crippen molar-refractivity contribution in [2.24, 2.45) is 0 Å². The Bertz CT molecular complexity index is 633. The Labute approximate surface area is 120 Å². The summed E-state index contributed by atoms with van der Waals surface area (Å²) in [6.07, 6.45) is -4.42. The van der Waals surface area contributed by atoms with Crippen molar-refractivity contribution in [2.75, 3.05) is 17.6 Å². The molecule has 0 amide bonds. The molecule has 0 unspecified atom stereocenters. The summed E-state index contributed by atoms with van der Waals surface area (Å²) >= 11 is 0. The number of hydrogen-bond donors (Lipinski definition) is 2. The summed E-state index contributed by atoms with van der Waals surface area (Å²) < 4.78 is 39.7. The van der Waals surface area contributed by atoms with Crippen molar-refractivity contribution < 1.29 is 13.2 Å². The minimum Gasteiger partial charge on any atom is -0.398 e. The Morgan fingerprint density at radius 3 is 2.48 bits per heavy atom. The lowest BCUT2D eigenvalue weighted by atomic mass is 10.1. The predicted molar refractivity (Wildman–Crippen MR) is 74.7 cm³/mol. The maximum absolute atomic E-state index is 12.7. The van der Waals surface area contributed by atoms with E-state index in [2.05, 4.69) is 15.5 Å². The number of anilines is 2. The summed E-state index contributed by atoms with van der Waals surface area (Å²) in [5.74, 6) is 1.01. The molecule has 2 aromatic rings. The van der Waals surface area contributed by atoms with Gasteiger partial charge >= 0.3 is 6.18 Å². The SMILES string of the molecule is CCNc1nnc(-c2ccc(C(F)(F)F)cc2N)n1CC. The van der Waals surface area contributed by atoms with Gasteiger partial charge in [-0.15, -0.1) is 10.2 Å². The number of nitrogen functional groups attached to an aromatic ring is 1. The van der Waals surface area contributed by atoms with Gasteiger partial charge in [-0.2, -0.15) is 13.2 Å². The lowest BCUT2D eigenvalue weighted by molar-refractivity contribution is -0.137. The van der Waals surface area contributed by atoms with Crippen LogP contribution in [0.5, 0.6) is 0 Å². The second kappa shape index (κ2) is 5.63. The third-order valence-electron chi connectivity index (χ3n) is 3.02. The van der Waals surface area contributed by atoms with Crippen molar-refractivity contribution in [1.29, 1.82) is 0 Å². The van der Waals surface area contributed by atoms with Crippen molar-refractivity contribution in [1.82, 2.24) is 14.8 Å². The van der Waals surface area contributed by atoms with Crippen LogP contribution < -0.4 is 11.1 Å². The summed E-state index contributed by atoms with van der Waals surface area (Å²) in [5, 5.41) is 11.0. The zero-order chi connectivity index (χ0) is 15.6. The molecule has 0 saturated heterocycles. The Balaban J connectivity index is 2.48. The van der Waals surface area contributed by atoms with E-state index in [1.54, 1.807) is 4.57 Å². The molecular weight excluding hydrogens is 283 g/mol. The standard InChI is InChI=1S/C13H16F3N5/c1-3-18-12-20-19-11(21(12)4-2)9-6-5-8(7-10(9)17)13(14,15)16/h5-7H,3-4,17H2,1-2H3,(H,18,20). The van der Waals surface area contributed by atoms with Gasteiger partial charge in [0.2, 0.25) is 5.95 Å². The van der Waals surface area contributed by atoms with Crippen LogP contribution in [0.2, 0.25) is 0 Å². The second-order valence-electron chi connectivity index (χ2n) is 4.42. The zero-order valence-electron chi connectivity index (χ0n) is 11.7. The highest BCUT2D eigenvalue weighted by molar-refractivity contribution is 5.73. The minimum atomic E-state index is -4.42. The lowest BCUT2D eigenvalue weighted by Crippen LogP contribution is -2.09. The van der Waals surface area contributed by atoms with Gasteiger partial charge in [-0.3, -0.25) is 4.57 Å². The highest BCUT2D eigenvalue weighted by Gasteiger charge is 2.31. The Morgan fingerprint density at radius 2 is 1.95 bits per heavy atom. The summed E-state index contributed by atoms with van der Waals surface area (Å²) in [7, 11) is 0. The number of aromatic nitrogens is 3. The summed E-state index contributed by atoms with van der Waals surface area (Å²) in [6.45, 7) is 5.06. The number of hydrogen-bond acceptors (Lipinski definition) is 4.